The van der Waals surface area contributed by atoms with Gasteiger partial charge < -0.3 is 0 Å². The fraction of sp³-hybridized carbons (Fsp3) is 0.538. The summed E-state index contributed by atoms with van der Waals surface area (Å²) in [5, 5.41) is 0. The lowest BCUT2D eigenvalue weighted by atomic mass is 10.0. The molecule has 0 unspecified atom stereocenters. The van der Waals surface area contributed by atoms with E-state index in [1.807, 2.05) is 24.3 Å². The van der Waals surface area contributed by atoms with Crippen LogP contribution in [0.2, 0.25) is 0 Å². The van der Waals surface area contributed by atoms with Crippen LogP contribution < -0.4 is 4.31 Å². The first-order chi connectivity index (χ1) is 8.00. The van der Waals surface area contributed by atoms with Crippen molar-refractivity contribution in [2.75, 3.05) is 16.6 Å². The molecule has 0 radical (unpaired) electrons. The van der Waals surface area contributed by atoms with E-state index in [2.05, 4.69) is 13.8 Å². The van der Waals surface area contributed by atoms with Crippen molar-refractivity contribution in [1.29, 1.82) is 0 Å². The highest BCUT2D eigenvalue weighted by Crippen LogP contribution is 2.25. The normalized spacial score (nSPS) is 19.6. The molecule has 0 N–H and O–H groups in total. The van der Waals surface area contributed by atoms with Crippen molar-refractivity contribution in [3.63, 3.8) is 0 Å². The van der Waals surface area contributed by atoms with Gasteiger partial charge in [-0.2, -0.15) is 0 Å². The van der Waals surface area contributed by atoms with Crippen molar-refractivity contribution < 1.29 is 8.42 Å². The molecule has 1 fully saturated rings. The molecule has 0 atom stereocenters. The second-order valence-corrected chi connectivity index (χ2v) is 6.85. The second-order valence-electron chi connectivity index (χ2n) is 4.84. The lowest BCUT2D eigenvalue weighted by Crippen LogP contribution is -2.37. The maximum absolute atomic E-state index is 11.9. The second kappa shape index (κ2) is 4.69. The van der Waals surface area contributed by atoms with Crippen molar-refractivity contribution in [2.24, 2.45) is 0 Å². The molecule has 17 heavy (non-hydrogen) atoms. The van der Waals surface area contributed by atoms with Crippen LogP contribution in [-0.4, -0.2) is 20.7 Å². The average Bonchev–Trinajstić information content (AvgIpc) is 2.28. The highest BCUT2D eigenvalue weighted by Gasteiger charge is 2.25. The molecule has 1 aromatic carbocycles. The van der Waals surface area contributed by atoms with E-state index < -0.39 is 10.0 Å². The van der Waals surface area contributed by atoms with Gasteiger partial charge in [0.2, 0.25) is 10.0 Å². The van der Waals surface area contributed by atoms with Crippen LogP contribution in [0, 0.1) is 0 Å². The fourth-order valence-electron chi connectivity index (χ4n) is 2.10. The van der Waals surface area contributed by atoms with Crippen LogP contribution in [0.3, 0.4) is 0 Å². The summed E-state index contributed by atoms with van der Waals surface area (Å²) in [6.07, 6.45) is 1.73. The number of hydrogen-bond acceptors (Lipinski definition) is 2. The Labute approximate surface area is 104 Å². The van der Waals surface area contributed by atoms with Crippen molar-refractivity contribution >= 4 is 15.7 Å². The van der Waals surface area contributed by atoms with Gasteiger partial charge in [-0.15, -0.1) is 0 Å². The van der Waals surface area contributed by atoms with Crippen LogP contribution in [0.4, 0.5) is 5.69 Å². The minimum atomic E-state index is -3.08. The highest BCUT2D eigenvalue weighted by atomic mass is 32.2. The van der Waals surface area contributed by atoms with Gasteiger partial charge in [-0.1, -0.05) is 26.0 Å². The zero-order valence-corrected chi connectivity index (χ0v) is 11.2. The van der Waals surface area contributed by atoms with Crippen molar-refractivity contribution in [1.82, 2.24) is 0 Å². The highest BCUT2D eigenvalue weighted by molar-refractivity contribution is 7.92. The van der Waals surface area contributed by atoms with Crippen LogP contribution in [-0.2, 0) is 10.0 Å². The first-order valence-electron chi connectivity index (χ1n) is 6.11. The van der Waals surface area contributed by atoms with Crippen molar-refractivity contribution in [2.45, 2.75) is 32.6 Å². The van der Waals surface area contributed by atoms with E-state index >= 15 is 0 Å². The van der Waals surface area contributed by atoms with E-state index in [0.717, 1.165) is 18.5 Å². The molecule has 0 saturated carbocycles. The van der Waals surface area contributed by atoms with Gasteiger partial charge in [0.25, 0.3) is 0 Å². The molecule has 1 saturated heterocycles. The third-order valence-electron chi connectivity index (χ3n) is 3.20. The predicted molar refractivity (Wildman–Crippen MR) is 70.9 cm³/mol. The molecule has 2 rings (SSSR count). The average molecular weight is 253 g/mol. The molecule has 4 heteroatoms. The Morgan fingerprint density at radius 2 is 1.76 bits per heavy atom. The standard InChI is InChI=1S/C13H19NO2S/c1-11(2)12-5-7-13(8-6-12)14-9-3-4-10-17(14,15)16/h5-8,11H,3-4,9-10H2,1-2H3. The summed E-state index contributed by atoms with van der Waals surface area (Å²) >= 11 is 0. The van der Waals surface area contributed by atoms with E-state index in [4.69, 9.17) is 0 Å². The summed E-state index contributed by atoms with van der Waals surface area (Å²) < 4.78 is 25.4. The molecule has 1 aromatic rings. The van der Waals surface area contributed by atoms with Gasteiger partial charge in [-0.25, -0.2) is 8.42 Å². The third kappa shape index (κ3) is 2.63. The number of nitrogens with zero attached hydrogens (tertiary/aromatic N) is 1. The molecule has 1 aliphatic heterocycles. The Kier molecular flexibility index (Phi) is 3.43. The minimum Gasteiger partial charge on any atom is -0.270 e. The SMILES string of the molecule is CC(C)c1ccc(N2CCCCS2(=O)=O)cc1. The van der Waals surface area contributed by atoms with E-state index in [9.17, 15) is 8.42 Å². The Balaban J connectivity index is 2.27. The fourth-order valence-corrected chi connectivity index (χ4v) is 3.74. The molecule has 0 aromatic heterocycles. The van der Waals surface area contributed by atoms with E-state index in [1.165, 1.54) is 5.56 Å². The van der Waals surface area contributed by atoms with Crippen LogP contribution in [0.1, 0.15) is 38.2 Å². The maximum Gasteiger partial charge on any atom is 0.235 e. The molecule has 0 aliphatic carbocycles. The van der Waals surface area contributed by atoms with Crippen LogP contribution >= 0.6 is 0 Å². The van der Waals surface area contributed by atoms with Gasteiger partial charge in [-0.05, 0) is 36.5 Å². The topological polar surface area (TPSA) is 37.4 Å². The molecule has 0 bridgehead atoms. The number of hydrogen-bond donors (Lipinski definition) is 0. The van der Waals surface area contributed by atoms with Crippen molar-refractivity contribution in [3.05, 3.63) is 29.8 Å². The van der Waals surface area contributed by atoms with E-state index in [1.54, 1.807) is 4.31 Å². The summed E-state index contributed by atoms with van der Waals surface area (Å²) in [6, 6.07) is 7.87. The van der Waals surface area contributed by atoms with Gasteiger partial charge in [0.05, 0.1) is 11.4 Å². The Bertz CT molecular complexity index is 477. The Morgan fingerprint density at radius 1 is 1.12 bits per heavy atom. The summed E-state index contributed by atoms with van der Waals surface area (Å²) in [4.78, 5) is 0. The van der Waals surface area contributed by atoms with Crippen LogP contribution in [0.15, 0.2) is 24.3 Å². The Hall–Kier alpha value is -1.03. The van der Waals surface area contributed by atoms with Gasteiger partial charge in [0.15, 0.2) is 0 Å². The molecular formula is C13H19NO2S. The number of benzene rings is 1. The number of anilines is 1. The van der Waals surface area contributed by atoms with Gasteiger partial charge in [0, 0.05) is 6.54 Å². The quantitative estimate of drug-likeness (QED) is 0.812. The maximum atomic E-state index is 11.9. The summed E-state index contributed by atoms with van der Waals surface area (Å²) in [7, 11) is -3.08. The third-order valence-corrected chi connectivity index (χ3v) is 5.07. The lowest BCUT2D eigenvalue weighted by molar-refractivity contribution is 0.574. The smallest absolute Gasteiger partial charge is 0.235 e. The summed E-state index contributed by atoms with van der Waals surface area (Å²) in [5.74, 6) is 0.751. The van der Waals surface area contributed by atoms with Gasteiger partial charge in [0.1, 0.15) is 0 Å². The van der Waals surface area contributed by atoms with Crippen molar-refractivity contribution in [3.8, 4) is 0 Å². The number of rotatable bonds is 2. The molecule has 0 spiro atoms. The molecule has 1 aliphatic rings. The lowest BCUT2D eigenvalue weighted by Gasteiger charge is -2.28. The molecule has 3 nitrogen and oxygen atoms in total. The monoisotopic (exact) mass is 253 g/mol. The summed E-state index contributed by atoms with van der Waals surface area (Å²) in [6.45, 7) is 4.88. The minimum absolute atomic E-state index is 0.277. The zero-order valence-electron chi connectivity index (χ0n) is 10.4. The molecule has 1 heterocycles. The summed E-state index contributed by atoms with van der Waals surface area (Å²) in [5.41, 5.74) is 2.04. The van der Waals surface area contributed by atoms with Gasteiger partial charge >= 0.3 is 0 Å². The van der Waals surface area contributed by atoms with Gasteiger partial charge in [-0.3, -0.25) is 4.31 Å². The Morgan fingerprint density at radius 3 is 2.29 bits per heavy atom. The van der Waals surface area contributed by atoms with Crippen LogP contribution in [0.5, 0.6) is 0 Å². The predicted octanol–water partition coefficient (Wildman–Crippen LogP) is 2.74. The molecule has 0 amide bonds. The molecule has 94 valence electrons. The largest absolute Gasteiger partial charge is 0.270 e. The zero-order chi connectivity index (χ0) is 12.5. The van der Waals surface area contributed by atoms with E-state index in [-0.39, 0.29) is 5.75 Å². The van der Waals surface area contributed by atoms with Crippen LogP contribution in [0.25, 0.3) is 0 Å². The molecular weight excluding hydrogens is 234 g/mol. The number of sulfonamides is 1. The van der Waals surface area contributed by atoms with E-state index in [0.29, 0.717) is 12.5 Å². The first kappa shape index (κ1) is 12.4. The first-order valence-corrected chi connectivity index (χ1v) is 7.72.